The number of hydrogen-bond acceptors (Lipinski definition) is 4. The number of benzene rings is 3. The molecule has 1 heterocycles. The lowest BCUT2D eigenvalue weighted by Gasteiger charge is -2.39. The molecule has 26 heavy (non-hydrogen) atoms. The normalized spacial score (nSPS) is 12.5. The van der Waals surface area contributed by atoms with Crippen molar-refractivity contribution in [1.82, 2.24) is 0 Å². The fraction of sp³-hybridized carbons (Fsp3) is 0.182. The third kappa shape index (κ3) is 2.37. The molecule has 0 atom stereocenters. The maximum atomic E-state index is 5.72. The van der Waals surface area contributed by atoms with E-state index in [4.69, 9.17) is 9.47 Å². The van der Waals surface area contributed by atoms with Crippen molar-refractivity contribution in [1.29, 1.82) is 0 Å². The molecule has 0 saturated heterocycles. The van der Waals surface area contributed by atoms with Gasteiger partial charge in [0.05, 0.1) is 42.7 Å². The van der Waals surface area contributed by atoms with Crippen molar-refractivity contribution in [3.8, 4) is 11.5 Å². The Morgan fingerprint density at radius 1 is 0.654 bits per heavy atom. The van der Waals surface area contributed by atoms with E-state index in [9.17, 15) is 0 Å². The van der Waals surface area contributed by atoms with Gasteiger partial charge in [0.1, 0.15) is 11.5 Å². The van der Waals surface area contributed by atoms with Crippen LogP contribution < -0.4 is 19.3 Å². The number of aryl methyl sites for hydroxylation is 1. The lowest BCUT2D eigenvalue weighted by Crippen LogP contribution is -2.24. The molecule has 0 aliphatic carbocycles. The number of hydrogen-bond donors (Lipinski definition) is 0. The summed E-state index contributed by atoms with van der Waals surface area (Å²) in [6.45, 7) is 2.02. The van der Waals surface area contributed by atoms with Crippen LogP contribution in [-0.4, -0.2) is 21.3 Å². The molecule has 0 spiro atoms. The molecule has 4 nitrogen and oxygen atoms in total. The van der Waals surface area contributed by atoms with Gasteiger partial charge >= 0.3 is 0 Å². The zero-order valence-corrected chi connectivity index (χ0v) is 15.5. The Labute approximate surface area is 154 Å². The highest BCUT2D eigenvalue weighted by molar-refractivity contribution is 5.98. The van der Waals surface area contributed by atoms with Crippen LogP contribution in [0.5, 0.6) is 11.5 Å². The molecular formula is C22H22N2O2. The SMILES string of the molecule is COc1cc(N2c3ccccc3N(C)c3ccccc32)c(OC)cc1C. The summed E-state index contributed by atoms with van der Waals surface area (Å²) >= 11 is 0. The van der Waals surface area contributed by atoms with Gasteiger partial charge in [-0.05, 0) is 42.8 Å². The summed E-state index contributed by atoms with van der Waals surface area (Å²) < 4.78 is 11.3. The minimum atomic E-state index is 0.817. The molecule has 1 aliphatic heterocycles. The lowest BCUT2D eigenvalue weighted by atomic mass is 10.1. The zero-order valence-electron chi connectivity index (χ0n) is 15.5. The van der Waals surface area contributed by atoms with Crippen molar-refractivity contribution in [2.24, 2.45) is 0 Å². The number of rotatable bonds is 3. The molecule has 0 bridgehead atoms. The molecule has 0 radical (unpaired) electrons. The van der Waals surface area contributed by atoms with Gasteiger partial charge in [0.25, 0.3) is 0 Å². The molecule has 4 rings (SSSR count). The van der Waals surface area contributed by atoms with Gasteiger partial charge in [0.2, 0.25) is 0 Å². The van der Waals surface area contributed by atoms with E-state index in [1.54, 1.807) is 14.2 Å². The first-order valence-corrected chi connectivity index (χ1v) is 8.60. The highest BCUT2D eigenvalue weighted by Gasteiger charge is 2.29. The van der Waals surface area contributed by atoms with Crippen LogP contribution in [0.1, 0.15) is 5.56 Å². The molecule has 3 aromatic rings. The largest absolute Gasteiger partial charge is 0.496 e. The van der Waals surface area contributed by atoms with Crippen molar-refractivity contribution in [2.45, 2.75) is 6.92 Å². The van der Waals surface area contributed by atoms with Gasteiger partial charge in [-0.3, -0.25) is 0 Å². The fourth-order valence-corrected chi connectivity index (χ4v) is 3.60. The molecule has 1 aliphatic rings. The summed E-state index contributed by atoms with van der Waals surface area (Å²) in [5.74, 6) is 1.66. The van der Waals surface area contributed by atoms with Crippen LogP contribution in [-0.2, 0) is 0 Å². The smallest absolute Gasteiger partial charge is 0.143 e. The van der Waals surface area contributed by atoms with Crippen LogP contribution in [0.15, 0.2) is 60.7 Å². The summed E-state index contributed by atoms with van der Waals surface area (Å²) in [6, 6.07) is 20.9. The maximum absolute atomic E-state index is 5.72. The number of para-hydroxylation sites is 4. The van der Waals surface area contributed by atoms with Crippen LogP contribution in [0.2, 0.25) is 0 Å². The monoisotopic (exact) mass is 346 g/mol. The zero-order chi connectivity index (χ0) is 18.3. The Hall–Kier alpha value is -3.14. The van der Waals surface area contributed by atoms with E-state index in [2.05, 4.69) is 65.4 Å². The van der Waals surface area contributed by atoms with Gasteiger partial charge < -0.3 is 19.3 Å². The minimum Gasteiger partial charge on any atom is -0.496 e. The van der Waals surface area contributed by atoms with Crippen molar-refractivity contribution in [2.75, 3.05) is 31.1 Å². The van der Waals surface area contributed by atoms with Crippen LogP contribution >= 0.6 is 0 Å². The Balaban J connectivity index is 2.02. The molecular weight excluding hydrogens is 324 g/mol. The van der Waals surface area contributed by atoms with E-state index in [-0.39, 0.29) is 0 Å². The third-order valence-electron chi connectivity index (χ3n) is 4.91. The summed E-state index contributed by atoms with van der Waals surface area (Å²) in [4.78, 5) is 4.46. The Bertz CT molecular complexity index is 921. The van der Waals surface area contributed by atoms with Crippen molar-refractivity contribution < 1.29 is 9.47 Å². The summed E-state index contributed by atoms with van der Waals surface area (Å²) in [7, 11) is 5.51. The van der Waals surface area contributed by atoms with Crippen molar-refractivity contribution in [3.63, 3.8) is 0 Å². The van der Waals surface area contributed by atoms with Gasteiger partial charge in [0.15, 0.2) is 0 Å². The Kier molecular flexibility index (Phi) is 3.96. The standard InChI is InChI=1S/C22H22N2O2/c1-15-13-22(26-4)20(14-21(15)25-3)24-18-11-7-5-9-16(18)23(2)17-10-6-8-12-19(17)24/h5-14H,1-4H3. The lowest BCUT2D eigenvalue weighted by molar-refractivity contribution is 0.401. The summed E-state index contributed by atoms with van der Waals surface area (Å²) in [5, 5.41) is 0. The molecule has 0 fully saturated rings. The van der Waals surface area contributed by atoms with E-state index in [1.165, 1.54) is 0 Å². The van der Waals surface area contributed by atoms with E-state index >= 15 is 0 Å². The van der Waals surface area contributed by atoms with Gasteiger partial charge in [-0.25, -0.2) is 0 Å². The van der Waals surface area contributed by atoms with Crippen LogP contribution in [0, 0.1) is 6.92 Å². The second-order valence-electron chi connectivity index (χ2n) is 6.37. The Morgan fingerprint density at radius 2 is 1.15 bits per heavy atom. The predicted octanol–water partition coefficient (Wildman–Crippen LogP) is 5.56. The summed E-state index contributed by atoms with van der Waals surface area (Å²) in [6.07, 6.45) is 0. The first-order valence-electron chi connectivity index (χ1n) is 8.60. The second-order valence-corrected chi connectivity index (χ2v) is 6.37. The molecule has 0 aromatic heterocycles. The number of methoxy groups -OCH3 is 2. The Morgan fingerprint density at radius 3 is 1.65 bits per heavy atom. The minimum absolute atomic E-state index is 0.817. The van der Waals surface area contributed by atoms with Crippen LogP contribution in [0.4, 0.5) is 28.4 Å². The number of nitrogens with zero attached hydrogens (tertiary/aromatic N) is 2. The molecule has 3 aromatic carbocycles. The first kappa shape index (κ1) is 16.3. The highest BCUT2D eigenvalue weighted by Crippen LogP contribution is 2.53. The predicted molar refractivity (Wildman–Crippen MR) is 107 cm³/mol. The van der Waals surface area contributed by atoms with E-state index < -0.39 is 0 Å². The van der Waals surface area contributed by atoms with E-state index in [0.717, 1.165) is 45.5 Å². The quantitative estimate of drug-likeness (QED) is 0.619. The number of ether oxygens (including phenoxy) is 2. The average Bonchev–Trinajstić information content (AvgIpc) is 2.69. The molecule has 0 saturated carbocycles. The molecule has 0 amide bonds. The van der Waals surface area contributed by atoms with Crippen LogP contribution in [0.25, 0.3) is 0 Å². The topological polar surface area (TPSA) is 24.9 Å². The van der Waals surface area contributed by atoms with Gasteiger partial charge in [0, 0.05) is 13.1 Å². The molecule has 4 heteroatoms. The molecule has 0 unspecified atom stereocenters. The van der Waals surface area contributed by atoms with E-state index in [0.29, 0.717) is 0 Å². The van der Waals surface area contributed by atoms with E-state index in [1.807, 2.05) is 19.1 Å². The number of anilines is 5. The van der Waals surface area contributed by atoms with Crippen molar-refractivity contribution >= 4 is 28.4 Å². The van der Waals surface area contributed by atoms with Gasteiger partial charge in [-0.2, -0.15) is 0 Å². The second kappa shape index (κ2) is 6.30. The number of fused-ring (bicyclic) bond motifs is 2. The van der Waals surface area contributed by atoms with Crippen molar-refractivity contribution in [3.05, 3.63) is 66.2 Å². The third-order valence-corrected chi connectivity index (χ3v) is 4.91. The van der Waals surface area contributed by atoms with Gasteiger partial charge in [-0.1, -0.05) is 24.3 Å². The molecule has 0 N–H and O–H groups in total. The summed E-state index contributed by atoms with van der Waals surface area (Å²) in [5.41, 5.74) is 6.52. The average molecular weight is 346 g/mol. The molecule has 132 valence electrons. The highest BCUT2D eigenvalue weighted by atomic mass is 16.5. The van der Waals surface area contributed by atoms with Gasteiger partial charge in [-0.15, -0.1) is 0 Å². The maximum Gasteiger partial charge on any atom is 0.143 e. The fourth-order valence-electron chi connectivity index (χ4n) is 3.60. The first-order chi connectivity index (χ1) is 12.7. The van der Waals surface area contributed by atoms with Crippen LogP contribution in [0.3, 0.4) is 0 Å².